The van der Waals surface area contributed by atoms with Crippen molar-refractivity contribution in [2.24, 2.45) is 0 Å². The first-order valence-electron chi connectivity index (χ1n) is 15.9. The maximum Gasteiger partial charge on any atom is 0.416 e. The van der Waals surface area contributed by atoms with Crippen LogP contribution in [0.4, 0.5) is 23.2 Å². The number of anilines is 1. The highest BCUT2D eigenvalue weighted by atomic mass is 32.2. The van der Waals surface area contributed by atoms with Crippen LogP contribution in [0, 0.1) is 5.82 Å². The van der Waals surface area contributed by atoms with Gasteiger partial charge in [-0.05, 0) is 80.5 Å². The van der Waals surface area contributed by atoms with Crippen LogP contribution in [0.25, 0.3) is 0 Å². The Labute approximate surface area is 284 Å². The zero-order valence-electron chi connectivity index (χ0n) is 27.6. The van der Waals surface area contributed by atoms with Gasteiger partial charge in [0.05, 0.1) is 34.7 Å². The molecule has 1 aliphatic rings. The molecule has 0 bridgehead atoms. The van der Waals surface area contributed by atoms with E-state index in [1.165, 1.54) is 18.2 Å². The first-order chi connectivity index (χ1) is 23.0. The fourth-order valence-electron chi connectivity index (χ4n) is 5.59. The molecule has 0 spiro atoms. The molecule has 14 heteroatoms. The van der Waals surface area contributed by atoms with Gasteiger partial charge in [0.2, 0.25) is 10.0 Å². The Kier molecular flexibility index (Phi) is 13.7. The van der Waals surface area contributed by atoms with Gasteiger partial charge in [-0.3, -0.25) is 13.9 Å². The predicted molar refractivity (Wildman–Crippen MR) is 179 cm³/mol. The van der Waals surface area contributed by atoms with E-state index in [1.54, 1.807) is 32.0 Å². The number of sulfonamides is 1. The van der Waals surface area contributed by atoms with Crippen molar-refractivity contribution in [2.75, 3.05) is 23.1 Å². The second-order valence-corrected chi connectivity index (χ2v) is 14.4. The standard InChI is InChI=1S/C34H41F4N3O4S.CH2O2/c1-4-11-24-18-27(31(35)29(20-24)41-16-8-9-17-46(41,44)45)32(43)40-28(19-23-12-6-5-7-13-23)30(42)22-39-33(2,3)25-14-10-15-26(21-25)34(36,37)38;2-1-3/h5-7,10,12-15,18,20-21,28,30,39,42H,4,8-9,11,16-17,19,22H2,1-3H3,(H,40,43);1H,(H,2,3)/t28-,30+;/m0./s1. The third-order valence-electron chi connectivity index (χ3n) is 8.26. The lowest BCUT2D eigenvalue weighted by Crippen LogP contribution is -2.51. The van der Waals surface area contributed by atoms with Gasteiger partial charge >= 0.3 is 6.18 Å². The molecule has 1 heterocycles. The van der Waals surface area contributed by atoms with Gasteiger partial charge in [-0.2, -0.15) is 13.2 Å². The summed E-state index contributed by atoms with van der Waals surface area (Å²) in [7, 11) is -3.75. The van der Waals surface area contributed by atoms with E-state index >= 15 is 4.39 Å². The fraction of sp³-hybridized carbons (Fsp3) is 0.429. The van der Waals surface area contributed by atoms with Crippen LogP contribution in [0.3, 0.4) is 0 Å². The van der Waals surface area contributed by atoms with Gasteiger partial charge in [0.15, 0.2) is 5.82 Å². The molecule has 3 aromatic rings. The van der Waals surface area contributed by atoms with Crippen molar-refractivity contribution in [3.63, 3.8) is 0 Å². The van der Waals surface area contributed by atoms with Gasteiger partial charge in [0.1, 0.15) is 0 Å². The number of carbonyl (C=O) groups excluding carboxylic acids is 1. The first kappa shape index (κ1) is 39.4. The zero-order valence-corrected chi connectivity index (χ0v) is 28.5. The van der Waals surface area contributed by atoms with E-state index in [4.69, 9.17) is 9.90 Å². The molecule has 1 fully saturated rings. The lowest BCUT2D eigenvalue weighted by Gasteiger charge is -2.32. The smallest absolute Gasteiger partial charge is 0.416 e. The van der Waals surface area contributed by atoms with Crippen LogP contribution in [-0.4, -0.2) is 62.0 Å². The summed E-state index contributed by atoms with van der Waals surface area (Å²) >= 11 is 0. The molecule has 9 nitrogen and oxygen atoms in total. The Hall–Kier alpha value is -4.01. The minimum atomic E-state index is -4.52. The Bertz CT molecular complexity index is 1670. The third kappa shape index (κ3) is 10.7. The number of alkyl halides is 3. The van der Waals surface area contributed by atoms with Crippen LogP contribution in [0.15, 0.2) is 66.7 Å². The van der Waals surface area contributed by atoms with Crippen LogP contribution >= 0.6 is 0 Å². The van der Waals surface area contributed by atoms with Crippen molar-refractivity contribution in [2.45, 2.75) is 76.7 Å². The van der Waals surface area contributed by atoms with Gasteiger partial charge < -0.3 is 20.8 Å². The number of hydrogen-bond donors (Lipinski definition) is 4. The van der Waals surface area contributed by atoms with Gasteiger partial charge in [0, 0.05) is 18.6 Å². The number of halogens is 4. The van der Waals surface area contributed by atoms with Crippen LogP contribution in [0.5, 0.6) is 0 Å². The van der Waals surface area contributed by atoms with E-state index in [0.717, 1.165) is 22.0 Å². The van der Waals surface area contributed by atoms with E-state index in [1.807, 2.05) is 25.1 Å². The van der Waals surface area contributed by atoms with Crippen LogP contribution < -0.4 is 14.9 Å². The number of aryl methyl sites for hydroxylation is 1. The SMILES string of the molecule is CCCc1cc(C(=O)N[C@@H](Cc2ccccc2)[C@H](O)CNC(C)(C)c2cccc(C(F)(F)F)c2)c(F)c(N2CCCCS2(=O)=O)c1.O=CO. The van der Waals surface area contributed by atoms with Crippen molar-refractivity contribution in [1.82, 2.24) is 10.6 Å². The largest absolute Gasteiger partial charge is 0.483 e. The number of nitrogens with zero attached hydrogens (tertiary/aromatic N) is 1. The van der Waals surface area contributed by atoms with Gasteiger partial charge in [-0.25, -0.2) is 12.8 Å². The summed E-state index contributed by atoms with van der Waals surface area (Å²) in [6, 6.07) is 15.9. The molecule has 0 aliphatic carbocycles. The molecule has 4 N–H and O–H groups in total. The number of carbonyl (C=O) groups is 2. The van der Waals surface area contributed by atoms with E-state index in [0.29, 0.717) is 36.8 Å². The lowest BCUT2D eigenvalue weighted by molar-refractivity contribution is -0.137. The number of hydrogen-bond acceptors (Lipinski definition) is 6. The molecule has 49 heavy (non-hydrogen) atoms. The topological polar surface area (TPSA) is 136 Å². The summed E-state index contributed by atoms with van der Waals surface area (Å²) in [4.78, 5) is 22.1. The van der Waals surface area contributed by atoms with E-state index in [-0.39, 0.29) is 43.0 Å². The number of aliphatic hydroxyl groups is 1. The normalized spacial score (nSPS) is 15.8. The second-order valence-electron chi connectivity index (χ2n) is 12.3. The lowest BCUT2D eigenvalue weighted by atomic mass is 9.92. The van der Waals surface area contributed by atoms with E-state index in [2.05, 4.69) is 10.6 Å². The third-order valence-corrected chi connectivity index (χ3v) is 10.1. The number of nitrogens with one attached hydrogen (secondary N) is 2. The minimum Gasteiger partial charge on any atom is -0.483 e. The van der Waals surface area contributed by atoms with Crippen LogP contribution in [0.2, 0.25) is 0 Å². The maximum atomic E-state index is 16.0. The molecule has 1 amide bonds. The molecule has 0 aromatic heterocycles. The Morgan fingerprint density at radius 3 is 2.27 bits per heavy atom. The molecule has 2 atom stereocenters. The summed E-state index contributed by atoms with van der Waals surface area (Å²) in [6.07, 6.45) is -3.37. The van der Waals surface area contributed by atoms with Crippen LogP contribution in [-0.2, 0) is 39.4 Å². The summed E-state index contributed by atoms with van der Waals surface area (Å²) < 4.78 is 82.8. The van der Waals surface area contributed by atoms with Gasteiger partial charge in [-0.1, -0.05) is 55.8 Å². The van der Waals surface area contributed by atoms with E-state index in [9.17, 15) is 31.5 Å². The molecule has 1 aliphatic heterocycles. The number of carboxylic acid groups (broad SMARTS) is 1. The quantitative estimate of drug-likeness (QED) is 0.141. The number of rotatable bonds is 12. The number of benzene rings is 3. The summed E-state index contributed by atoms with van der Waals surface area (Å²) in [5, 5.41) is 24.1. The molecule has 268 valence electrons. The van der Waals surface area contributed by atoms with Crippen molar-refractivity contribution in [3.05, 3.63) is 100 Å². The predicted octanol–water partition coefficient (Wildman–Crippen LogP) is 5.65. The molecule has 0 unspecified atom stereocenters. The zero-order chi connectivity index (χ0) is 36.4. The Balaban J connectivity index is 0.00000209. The van der Waals surface area contributed by atoms with Crippen LogP contribution in [0.1, 0.15) is 72.6 Å². The van der Waals surface area contributed by atoms with Crippen molar-refractivity contribution >= 4 is 28.1 Å². The summed E-state index contributed by atoms with van der Waals surface area (Å²) in [5.41, 5.74) is -0.533. The monoisotopic (exact) mass is 709 g/mol. The maximum absolute atomic E-state index is 16.0. The highest BCUT2D eigenvalue weighted by Crippen LogP contribution is 2.33. The molecule has 0 radical (unpaired) electrons. The molecule has 1 saturated heterocycles. The fourth-order valence-corrected chi connectivity index (χ4v) is 7.22. The van der Waals surface area contributed by atoms with Gasteiger partial charge in [-0.15, -0.1) is 0 Å². The van der Waals surface area contributed by atoms with Gasteiger partial charge in [0.25, 0.3) is 12.4 Å². The first-order valence-corrected chi connectivity index (χ1v) is 17.5. The Morgan fingerprint density at radius 1 is 1.00 bits per heavy atom. The summed E-state index contributed by atoms with van der Waals surface area (Å²) in [5.74, 6) is -1.89. The summed E-state index contributed by atoms with van der Waals surface area (Å²) in [6.45, 7) is 5.03. The highest BCUT2D eigenvalue weighted by Gasteiger charge is 2.34. The highest BCUT2D eigenvalue weighted by molar-refractivity contribution is 7.92. The average molecular weight is 710 g/mol. The van der Waals surface area contributed by atoms with Crippen molar-refractivity contribution in [1.29, 1.82) is 0 Å². The van der Waals surface area contributed by atoms with Crippen molar-refractivity contribution < 1.29 is 45.8 Å². The molecule has 0 saturated carbocycles. The second kappa shape index (κ2) is 17.1. The molecular formula is C35H43F4N3O6S. The van der Waals surface area contributed by atoms with E-state index < -0.39 is 51.2 Å². The average Bonchev–Trinajstić information content (AvgIpc) is 3.04. The molecular weight excluding hydrogens is 666 g/mol. The molecule has 3 aromatic carbocycles. The van der Waals surface area contributed by atoms with Crippen molar-refractivity contribution in [3.8, 4) is 0 Å². The minimum absolute atomic E-state index is 0.110. The molecule has 4 rings (SSSR count). The Morgan fingerprint density at radius 2 is 1.65 bits per heavy atom. The number of aliphatic hydroxyl groups excluding tert-OH is 1. The number of amides is 1.